The van der Waals surface area contributed by atoms with Gasteiger partial charge in [-0.1, -0.05) is 37.7 Å². The number of thioether (sulfide) groups is 1. The molecule has 2 atom stereocenters. The van der Waals surface area contributed by atoms with Gasteiger partial charge in [0, 0.05) is 29.1 Å². The summed E-state index contributed by atoms with van der Waals surface area (Å²) in [5.41, 5.74) is 4.86. The molecule has 8 nitrogen and oxygen atoms in total. The van der Waals surface area contributed by atoms with Crippen molar-refractivity contribution in [2.75, 3.05) is 6.61 Å². The maximum Gasteiger partial charge on any atom is 0.341 e. The number of ether oxygens (including phenoxy) is 1. The summed E-state index contributed by atoms with van der Waals surface area (Å²) >= 11 is 1.35. The first-order chi connectivity index (χ1) is 15.2. The third-order valence-corrected chi connectivity index (χ3v) is 8.23. The summed E-state index contributed by atoms with van der Waals surface area (Å²) in [5, 5.41) is 8.85. The van der Waals surface area contributed by atoms with Gasteiger partial charge in [0.25, 0.3) is 5.91 Å². The Morgan fingerprint density at radius 3 is 2.84 bits per heavy atom. The Bertz CT molecular complexity index is 1060. The van der Waals surface area contributed by atoms with E-state index in [1.54, 1.807) is 18.3 Å². The molecule has 2 aromatic rings. The highest BCUT2D eigenvalue weighted by Crippen LogP contribution is 2.63. The van der Waals surface area contributed by atoms with E-state index in [-0.39, 0.29) is 10.8 Å². The van der Waals surface area contributed by atoms with E-state index in [1.165, 1.54) is 18.2 Å². The average molecular weight is 457 g/mol. The van der Waals surface area contributed by atoms with Gasteiger partial charge in [-0.3, -0.25) is 4.79 Å². The minimum Gasteiger partial charge on any atom is -0.452 e. The number of hydrazone groups is 1. The molecule has 2 aliphatic carbocycles. The van der Waals surface area contributed by atoms with Crippen LogP contribution in [0.4, 0.5) is 0 Å². The van der Waals surface area contributed by atoms with Crippen LogP contribution in [0.5, 0.6) is 0 Å². The van der Waals surface area contributed by atoms with Crippen LogP contribution >= 0.6 is 11.8 Å². The number of amides is 1. The number of carbonyl (C=O) groups is 2. The van der Waals surface area contributed by atoms with E-state index < -0.39 is 18.5 Å². The van der Waals surface area contributed by atoms with Crippen LogP contribution < -0.4 is 5.43 Å². The van der Waals surface area contributed by atoms with Gasteiger partial charge in [0.05, 0.1) is 11.3 Å². The van der Waals surface area contributed by atoms with Crippen LogP contribution in [0.15, 0.2) is 39.0 Å². The SMILES string of the molecule is Cc1cc(CSc2ncccc2C(=O)OCC(=O)N/N=C2\CC3CCC2(C)C3(C)C)no1. The number of pyridine rings is 1. The van der Waals surface area contributed by atoms with Gasteiger partial charge in [-0.2, -0.15) is 5.10 Å². The van der Waals surface area contributed by atoms with E-state index in [4.69, 9.17) is 9.26 Å². The Hall–Kier alpha value is -2.68. The summed E-state index contributed by atoms with van der Waals surface area (Å²) < 4.78 is 10.3. The lowest BCUT2D eigenvalue weighted by Gasteiger charge is -2.34. The normalized spacial score (nSPS) is 24.6. The van der Waals surface area contributed by atoms with Crippen LogP contribution in [0.1, 0.15) is 61.8 Å². The molecule has 1 amide bonds. The van der Waals surface area contributed by atoms with Gasteiger partial charge in [-0.15, -0.1) is 0 Å². The molecule has 170 valence electrons. The van der Waals surface area contributed by atoms with Gasteiger partial charge < -0.3 is 9.26 Å². The lowest BCUT2D eigenvalue weighted by Crippen LogP contribution is -2.35. The fourth-order valence-corrected chi connectivity index (χ4v) is 5.62. The lowest BCUT2D eigenvalue weighted by atomic mass is 9.70. The van der Waals surface area contributed by atoms with E-state index in [9.17, 15) is 9.59 Å². The molecule has 2 unspecified atom stereocenters. The summed E-state index contributed by atoms with van der Waals surface area (Å²) in [6, 6.07) is 5.12. The molecule has 1 N–H and O–H groups in total. The summed E-state index contributed by atoms with van der Waals surface area (Å²) in [6.45, 7) is 8.21. The molecule has 9 heteroatoms. The third kappa shape index (κ3) is 4.18. The number of nitrogens with zero attached hydrogens (tertiary/aromatic N) is 3. The molecule has 0 aromatic carbocycles. The molecule has 0 aliphatic heterocycles. The molecule has 2 saturated carbocycles. The summed E-state index contributed by atoms with van der Waals surface area (Å²) in [6.07, 6.45) is 4.80. The van der Waals surface area contributed by atoms with Crippen molar-refractivity contribution >= 4 is 29.4 Å². The highest BCUT2D eigenvalue weighted by molar-refractivity contribution is 7.98. The second-order valence-corrected chi connectivity index (χ2v) is 10.2. The number of esters is 1. The number of fused-ring (bicyclic) bond motifs is 2. The Labute approximate surface area is 191 Å². The molecule has 4 rings (SSSR count). The van der Waals surface area contributed by atoms with Crippen molar-refractivity contribution < 1.29 is 18.8 Å². The van der Waals surface area contributed by atoms with Crippen LogP contribution in [-0.2, 0) is 15.3 Å². The fraction of sp³-hybridized carbons (Fsp3) is 0.522. The second kappa shape index (κ2) is 8.69. The number of nitrogens with one attached hydrogen (secondary N) is 1. The molecular formula is C23H28N4O4S. The predicted octanol–water partition coefficient (Wildman–Crippen LogP) is 4.15. The van der Waals surface area contributed by atoms with E-state index in [0.29, 0.717) is 22.3 Å². The van der Waals surface area contributed by atoms with Gasteiger partial charge in [-0.25, -0.2) is 15.2 Å². The Morgan fingerprint density at radius 2 is 2.19 bits per heavy atom. The molecule has 32 heavy (non-hydrogen) atoms. The smallest absolute Gasteiger partial charge is 0.341 e. The number of aryl methyl sites for hydroxylation is 1. The standard InChI is InChI=1S/C23H28N4O4S/c1-14-10-16(27-31-14)13-32-20-17(6-5-9-24-20)21(29)30-12-19(28)26-25-18-11-15-7-8-23(18,4)22(15,2)3/h5-6,9-10,15H,7-8,11-13H2,1-4H3,(H,26,28)/b25-18+. The highest BCUT2D eigenvalue weighted by Gasteiger charge is 2.60. The summed E-state index contributed by atoms with van der Waals surface area (Å²) in [7, 11) is 0. The largest absolute Gasteiger partial charge is 0.452 e. The van der Waals surface area contributed by atoms with Crippen LogP contribution in [0, 0.1) is 23.7 Å². The van der Waals surface area contributed by atoms with Crippen LogP contribution in [-0.4, -0.2) is 34.3 Å². The number of hydrogen-bond acceptors (Lipinski definition) is 8. The Morgan fingerprint density at radius 1 is 1.38 bits per heavy atom. The monoisotopic (exact) mass is 456 g/mol. The molecule has 2 aliphatic rings. The van der Waals surface area contributed by atoms with Crippen LogP contribution in [0.3, 0.4) is 0 Å². The van der Waals surface area contributed by atoms with Crippen molar-refractivity contribution in [2.45, 2.75) is 57.7 Å². The van der Waals surface area contributed by atoms with Crippen molar-refractivity contribution in [3.8, 4) is 0 Å². The Balaban J connectivity index is 1.32. The maximum absolute atomic E-state index is 12.6. The topological polar surface area (TPSA) is 107 Å². The first-order valence-electron chi connectivity index (χ1n) is 10.7. The second-order valence-electron chi connectivity index (χ2n) is 9.24. The number of aromatic nitrogens is 2. The van der Waals surface area contributed by atoms with Crippen LogP contribution in [0.2, 0.25) is 0 Å². The van der Waals surface area contributed by atoms with Crippen LogP contribution in [0.25, 0.3) is 0 Å². The van der Waals surface area contributed by atoms with E-state index in [2.05, 4.69) is 41.4 Å². The van der Waals surface area contributed by atoms with Crippen molar-refractivity contribution in [1.29, 1.82) is 0 Å². The molecule has 2 bridgehead atoms. The zero-order valence-electron chi connectivity index (χ0n) is 18.8. The number of rotatable bonds is 7. The quantitative estimate of drug-likeness (QED) is 0.379. The zero-order valence-corrected chi connectivity index (χ0v) is 19.6. The molecular weight excluding hydrogens is 428 g/mol. The predicted molar refractivity (Wildman–Crippen MR) is 120 cm³/mol. The van der Waals surface area contributed by atoms with Gasteiger partial charge in [0.2, 0.25) is 0 Å². The fourth-order valence-electron chi connectivity index (χ4n) is 4.76. The lowest BCUT2D eigenvalue weighted by molar-refractivity contribution is -0.124. The van der Waals surface area contributed by atoms with Crippen molar-refractivity contribution in [3.63, 3.8) is 0 Å². The average Bonchev–Trinajstić information content (AvgIpc) is 3.35. The van der Waals surface area contributed by atoms with Crippen molar-refractivity contribution in [3.05, 3.63) is 41.4 Å². The van der Waals surface area contributed by atoms with Gasteiger partial charge in [-0.05, 0) is 49.7 Å². The van der Waals surface area contributed by atoms with Crippen molar-refractivity contribution in [1.82, 2.24) is 15.6 Å². The van der Waals surface area contributed by atoms with E-state index in [1.807, 2.05) is 13.0 Å². The molecule has 0 radical (unpaired) electrons. The summed E-state index contributed by atoms with van der Waals surface area (Å²) in [5.74, 6) is 0.768. The first kappa shape index (κ1) is 22.5. The number of carbonyl (C=O) groups excluding carboxylic acids is 2. The molecule has 2 fully saturated rings. The number of hydrogen-bond donors (Lipinski definition) is 1. The van der Waals surface area contributed by atoms with Crippen molar-refractivity contribution in [2.24, 2.45) is 21.8 Å². The molecule has 0 spiro atoms. The maximum atomic E-state index is 12.6. The third-order valence-electron chi connectivity index (χ3n) is 7.19. The van der Waals surface area contributed by atoms with Gasteiger partial charge >= 0.3 is 5.97 Å². The molecule has 0 saturated heterocycles. The molecule has 2 aromatic heterocycles. The Kier molecular flexibility index (Phi) is 6.11. The van der Waals surface area contributed by atoms with E-state index in [0.717, 1.165) is 30.0 Å². The van der Waals surface area contributed by atoms with Gasteiger partial charge in [0.1, 0.15) is 10.8 Å². The zero-order chi connectivity index (χ0) is 22.9. The summed E-state index contributed by atoms with van der Waals surface area (Å²) in [4.78, 5) is 29.1. The van der Waals surface area contributed by atoms with E-state index >= 15 is 0 Å². The van der Waals surface area contributed by atoms with Gasteiger partial charge in [0.15, 0.2) is 6.61 Å². The molecule has 2 heterocycles. The highest BCUT2D eigenvalue weighted by atomic mass is 32.2. The minimum atomic E-state index is -0.604. The first-order valence-corrected chi connectivity index (χ1v) is 11.7. The minimum absolute atomic E-state index is 0.00579.